The van der Waals surface area contributed by atoms with Gasteiger partial charge in [-0.2, -0.15) is 0 Å². The average molecular weight is 371 g/mol. The molecule has 0 bridgehead atoms. The van der Waals surface area contributed by atoms with Crippen LogP contribution in [0.15, 0.2) is 27.4 Å². The molecule has 7 heteroatoms. The summed E-state index contributed by atoms with van der Waals surface area (Å²) in [5.74, 6) is -0.0890. The third-order valence-electron chi connectivity index (χ3n) is 5.84. The van der Waals surface area contributed by atoms with E-state index in [-0.39, 0.29) is 17.7 Å². The summed E-state index contributed by atoms with van der Waals surface area (Å²) in [7, 11) is 1.64. The van der Waals surface area contributed by atoms with Gasteiger partial charge in [-0.3, -0.25) is 14.2 Å². The molecule has 0 spiro atoms. The molecule has 2 aromatic rings. The van der Waals surface area contributed by atoms with Gasteiger partial charge in [0.05, 0.1) is 5.52 Å². The number of carbonyl (C=O) groups is 2. The SMILES string of the molecule is Cn1c(=O)oc2cc(C(=O)N3CCCN(C(=O)C4CCCC4)CC3)ccc21. The molecule has 1 saturated carbocycles. The van der Waals surface area contributed by atoms with Crippen molar-refractivity contribution in [2.24, 2.45) is 13.0 Å². The zero-order chi connectivity index (χ0) is 19.0. The Kier molecular flexibility index (Phi) is 4.76. The van der Waals surface area contributed by atoms with Crippen LogP contribution in [0.25, 0.3) is 11.1 Å². The van der Waals surface area contributed by atoms with Gasteiger partial charge in [0, 0.05) is 44.7 Å². The summed E-state index contributed by atoms with van der Waals surface area (Å²) in [5, 5.41) is 0. The lowest BCUT2D eigenvalue weighted by atomic mass is 10.1. The number of benzene rings is 1. The minimum atomic E-state index is -0.439. The van der Waals surface area contributed by atoms with Crippen LogP contribution in [0.5, 0.6) is 0 Å². The number of rotatable bonds is 2. The van der Waals surface area contributed by atoms with Crippen LogP contribution in [0.4, 0.5) is 0 Å². The van der Waals surface area contributed by atoms with Crippen LogP contribution in [-0.4, -0.2) is 52.4 Å². The van der Waals surface area contributed by atoms with Gasteiger partial charge in [0.2, 0.25) is 5.91 Å². The zero-order valence-electron chi connectivity index (χ0n) is 15.6. The Morgan fingerprint density at radius 1 is 1.00 bits per heavy atom. The van der Waals surface area contributed by atoms with Crippen molar-refractivity contribution in [2.45, 2.75) is 32.1 Å². The highest BCUT2D eigenvalue weighted by molar-refractivity contribution is 5.97. The molecular formula is C20H25N3O4. The summed E-state index contributed by atoms with van der Waals surface area (Å²) >= 11 is 0. The van der Waals surface area contributed by atoms with Gasteiger partial charge in [-0.15, -0.1) is 0 Å². The second-order valence-electron chi connectivity index (χ2n) is 7.56. The molecule has 27 heavy (non-hydrogen) atoms. The fourth-order valence-electron chi connectivity index (χ4n) is 4.22. The molecular weight excluding hydrogens is 346 g/mol. The van der Waals surface area contributed by atoms with Crippen LogP contribution in [0.3, 0.4) is 0 Å². The number of oxazole rings is 1. The van der Waals surface area contributed by atoms with Crippen molar-refractivity contribution in [3.8, 4) is 0 Å². The molecule has 0 radical (unpaired) electrons. The van der Waals surface area contributed by atoms with Crippen molar-refractivity contribution in [1.29, 1.82) is 0 Å². The molecule has 1 aromatic heterocycles. The first kappa shape index (κ1) is 17.8. The van der Waals surface area contributed by atoms with Crippen LogP contribution < -0.4 is 5.76 Å². The Morgan fingerprint density at radius 2 is 1.70 bits per heavy atom. The molecule has 2 fully saturated rings. The average Bonchev–Trinajstić information content (AvgIpc) is 3.22. The van der Waals surface area contributed by atoms with E-state index in [9.17, 15) is 14.4 Å². The zero-order valence-corrected chi connectivity index (χ0v) is 15.6. The lowest BCUT2D eigenvalue weighted by Crippen LogP contribution is -2.39. The molecule has 1 aliphatic carbocycles. The first-order valence-corrected chi connectivity index (χ1v) is 9.72. The van der Waals surface area contributed by atoms with E-state index in [1.807, 2.05) is 4.90 Å². The molecule has 4 rings (SSSR count). The molecule has 0 atom stereocenters. The van der Waals surface area contributed by atoms with Gasteiger partial charge in [-0.05, 0) is 37.5 Å². The third-order valence-corrected chi connectivity index (χ3v) is 5.84. The van der Waals surface area contributed by atoms with E-state index < -0.39 is 5.76 Å². The van der Waals surface area contributed by atoms with E-state index in [0.717, 1.165) is 32.1 Å². The number of nitrogens with zero attached hydrogens (tertiary/aromatic N) is 3. The monoisotopic (exact) mass is 371 g/mol. The highest BCUT2D eigenvalue weighted by Crippen LogP contribution is 2.27. The number of carbonyl (C=O) groups excluding carboxylic acids is 2. The van der Waals surface area contributed by atoms with Crippen LogP contribution in [0.1, 0.15) is 42.5 Å². The molecule has 1 aromatic carbocycles. The molecule has 2 aliphatic rings. The maximum atomic E-state index is 12.9. The Morgan fingerprint density at radius 3 is 2.48 bits per heavy atom. The van der Waals surface area contributed by atoms with Crippen LogP contribution in [0, 0.1) is 5.92 Å². The van der Waals surface area contributed by atoms with Crippen LogP contribution in [0.2, 0.25) is 0 Å². The predicted molar refractivity (Wildman–Crippen MR) is 101 cm³/mol. The first-order valence-electron chi connectivity index (χ1n) is 9.72. The quantitative estimate of drug-likeness (QED) is 0.809. The van der Waals surface area contributed by atoms with E-state index in [1.54, 1.807) is 30.1 Å². The molecule has 2 amide bonds. The van der Waals surface area contributed by atoms with Crippen molar-refractivity contribution in [3.05, 3.63) is 34.3 Å². The smallest absolute Gasteiger partial charge is 0.408 e. The highest BCUT2D eigenvalue weighted by atomic mass is 16.4. The van der Waals surface area contributed by atoms with Gasteiger partial charge >= 0.3 is 5.76 Å². The topological polar surface area (TPSA) is 75.8 Å². The minimum Gasteiger partial charge on any atom is -0.408 e. The van der Waals surface area contributed by atoms with Gasteiger partial charge in [0.1, 0.15) is 0 Å². The van der Waals surface area contributed by atoms with Gasteiger partial charge in [0.15, 0.2) is 5.58 Å². The maximum absolute atomic E-state index is 12.9. The second kappa shape index (κ2) is 7.21. The Hall–Kier alpha value is -2.57. The molecule has 2 heterocycles. The molecule has 0 N–H and O–H groups in total. The minimum absolute atomic E-state index is 0.0847. The maximum Gasteiger partial charge on any atom is 0.419 e. The van der Waals surface area contributed by atoms with E-state index in [0.29, 0.717) is 42.8 Å². The summed E-state index contributed by atoms with van der Waals surface area (Å²) < 4.78 is 6.61. The number of hydrogen-bond acceptors (Lipinski definition) is 4. The van der Waals surface area contributed by atoms with Crippen molar-refractivity contribution in [1.82, 2.24) is 14.4 Å². The van der Waals surface area contributed by atoms with Gasteiger partial charge in [-0.25, -0.2) is 4.79 Å². The van der Waals surface area contributed by atoms with Crippen LogP contribution in [-0.2, 0) is 11.8 Å². The molecule has 0 unspecified atom stereocenters. The van der Waals surface area contributed by atoms with Crippen molar-refractivity contribution < 1.29 is 14.0 Å². The molecule has 7 nitrogen and oxygen atoms in total. The molecule has 1 aliphatic heterocycles. The van der Waals surface area contributed by atoms with Gasteiger partial charge in [0.25, 0.3) is 5.91 Å². The largest absolute Gasteiger partial charge is 0.419 e. The molecule has 1 saturated heterocycles. The standard InChI is InChI=1S/C20H25N3O4/c1-21-16-8-7-15(13-17(16)27-20(21)26)19(25)23-10-4-9-22(11-12-23)18(24)14-5-2-3-6-14/h7-8,13-14H,2-6,9-12H2,1H3. The first-order chi connectivity index (χ1) is 13.0. The van der Waals surface area contributed by atoms with Gasteiger partial charge < -0.3 is 14.2 Å². The van der Waals surface area contributed by atoms with Crippen molar-refractivity contribution >= 4 is 22.9 Å². The highest BCUT2D eigenvalue weighted by Gasteiger charge is 2.29. The second-order valence-corrected chi connectivity index (χ2v) is 7.56. The van der Waals surface area contributed by atoms with E-state index in [4.69, 9.17) is 4.42 Å². The van der Waals surface area contributed by atoms with E-state index in [2.05, 4.69) is 0 Å². The number of aryl methyl sites for hydroxylation is 1. The number of hydrogen-bond donors (Lipinski definition) is 0. The Labute approximate surface area is 157 Å². The van der Waals surface area contributed by atoms with E-state index >= 15 is 0 Å². The summed E-state index contributed by atoms with van der Waals surface area (Å²) in [6.07, 6.45) is 5.08. The van der Waals surface area contributed by atoms with Crippen molar-refractivity contribution in [3.63, 3.8) is 0 Å². The number of amides is 2. The van der Waals surface area contributed by atoms with Crippen LogP contribution >= 0.6 is 0 Å². The number of fused-ring (bicyclic) bond motifs is 1. The summed E-state index contributed by atoms with van der Waals surface area (Å²) in [6, 6.07) is 5.10. The van der Waals surface area contributed by atoms with Crippen molar-refractivity contribution in [2.75, 3.05) is 26.2 Å². The summed E-state index contributed by atoms with van der Waals surface area (Å²) in [5.41, 5.74) is 1.59. The predicted octanol–water partition coefficient (Wildman–Crippen LogP) is 2.00. The summed E-state index contributed by atoms with van der Waals surface area (Å²) in [6.45, 7) is 2.47. The molecule has 144 valence electrons. The Balaban J connectivity index is 1.46. The lowest BCUT2D eigenvalue weighted by molar-refractivity contribution is -0.135. The fraction of sp³-hybridized carbons (Fsp3) is 0.550. The van der Waals surface area contributed by atoms with E-state index in [1.165, 1.54) is 4.57 Å². The summed E-state index contributed by atoms with van der Waals surface area (Å²) in [4.78, 5) is 40.9. The Bertz CT molecular complexity index is 923. The number of aromatic nitrogens is 1. The fourth-order valence-corrected chi connectivity index (χ4v) is 4.22. The third kappa shape index (κ3) is 3.38. The normalized spacial score (nSPS) is 18.9. The van der Waals surface area contributed by atoms with Gasteiger partial charge in [-0.1, -0.05) is 12.8 Å². The lowest BCUT2D eigenvalue weighted by Gasteiger charge is -2.24.